The van der Waals surface area contributed by atoms with Gasteiger partial charge < -0.3 is 5.32 Å². The monoisotopic (exact) mass is 433 g/mol. The van der Waals surface area contributed by atoms with Crippen LogP contribution in [0.25, 0.3) is 17.1 Å². The Bertz CT molecular complexity index is 984. The molecule has 28 heavy (non-hydrogen) atoms. The molecule has 0 radical (unpaired) electrons. The largest absolute Gasteiger partial charge is 0.367 e. The van der Waals surface area contributed by atoms with E-state index in [1.54, 1.807) is 28.5 Å². The van der Waals surface area contributed by atoms with Crippen molar-refractivity contribution in [1.82, 2.24) is 9.55 Å². The Morgan fingerprint density at radius 1 is 1.14 bits per heavy atom. The molecule has 2 aromatic carbocycles. The lowest BCUT2D eigenvalue weighted by molar-refractivity contribution is 0.111. The second-order valence-electron chi connectivity index (χ2n) is 6.90. The van der Waals surface area contributed by atoms with Crippen LogP contribution in [0, 0.1) is 0 Å². The molecule has 1 aromatic heterocycles. The van der Waals surface area contributed by atoms with Crippen molar-refractivity contribution in [3.63, 3.8) is 0 Å². The summed E-state index contributed by atoms with van der Waals surface area (Å²) < 4.78 is 1.80. The molecule has 0 atom stereocenters. The van der Waals surface area contributed by atoms with E-state index in [4.69, 9.17) is 28.2 Å². The van der Waals surface area contributed by atoms with Crippen molar-refractivity contribution in [2.75, 3.05) is 18.1 Å². The Kier molecular flexibility index (Phi) is 6.38. The van der Waals surface area contributed by atoms with E-state index in [2.05, 4.69) is 25.4 Å². The highest BCUT2D eigenvalue weighted by Crippen LogP contribution is 2.33. The van der Waals surface area contributed by atoms with Crippen molar-refractivity contribution in [1.29, 1.82) is 0 Å². The van der Waals surface area contributed by atoms with Crippen molar-refractivity contribution in [2.45, 2.75) is 18.6 Å². The van der Waals surface area contributed by atoms with Gasteiger partial charge in [0.25, 0.3) is 0 Å². The van der Waals surface area contributed by atoms with Crippen LogP contribution in [0.4, 0.5) is 5.82 Å². The smallest absolute Gasteiger partial charge is 0.170 e. The number of thioether (sulfide) groups is 1. The molecule has 3 aromatic rings. The first-order chi connectivity index (χ1) is 13.4. The summed E-state index contributed by atoms with van der Waals surface area (Å²) in [6, 6.07) is 14.7. The predicted molar refractivity (Wildman–Crippen MR) is 120 cm³/mol. The van der Waals surface area contributed by atoms with Crippen LogP contribution >= 0.6 is 35.0 Å². The molecule has 0 bridgehead atoms. The molecule has 0 saturated carbocycles. The van der Waals surface area contributed by atoms with E-state index >= 15 is 0 Å². The lowest BCUT2D eigenvalue weighted by atomic mass is 10.2. The Balaban J connectivity index is 2.18. The van der Waals surface area contributed by atoms with Crippen LogP contribution in [0.15, 0.2) is 48.5 Å². The molecule has 3 rings (SSSR count). The number of anilines is 1. The number of hydrogen-bond acceptors (Lipinski definition) is 4. The molecule has 1 heterocycles. The molecule has 0 unspecified atom stereocenters. The number of hydrogen-bond donors (Lipinski definition) is 1. The second-order valence-corrected chi connectivity index (χ2v) is 9.25. The van der Waals surface area contributed by atoms with Crippen LogP contribution in [-0.2, 0) is 0 Å². The van der Waals surface area contributed by atoms with Gasteiger partial charge in [0.15, 0.2) is 12.1 Å². The molecule has 1 N–H and O–H groups in total. The van der Waals surface area contributed by atoms with E-state index in [0.717, 1.165) is 17.5 Å². The molecular formula is C21H21Cl2N3OS. The standard InChI is InChI=1S/C21H21Cl2N3OS/c1-21(2,28-3)13-24-19-18(12-27)26(15-10-8-14(22)9-11-15)20(25-19)16-6-4-5-7-17(16)23/h4-12,24H,13H2,1-3H3. The van der Waals surface area contributed by atoms with Gasteiger partial charge >= 0.3 is 0 Å². The average molecular weight is 434 g/mol. The molecule has 0 aliphatic heterocycles. The average Bonchev–Trinajstić information content (AvgIpc) is 3.06. The van der Waals surface area contributed by atoms with E-state index in [-0.39, 0.29) is 4.75 Å². The van der Waals surface area contributed by atoms with Crippen molar-refractivity contribution < 1.29 is 4.79 Å². The zero-order valence-corrected chi connectivity index (χ0v) is 18.2. The number of halogens is 2. The summed E-state index contributed by atoms with van der Waals surface area (Å²) >= 11 is 14.2. The molecule has 0 aliphatic rings. The Labute approximate surface area is 179 Å². The number of benzene rings is 2. The highest BCUT2D eigenvalue weighted by atomic mass is 35.5. The van der Waals surface area contributed by atoms with Crippen LogP contribution in [0.5, 0.6) is 0 Å². The Morgan fingerprint density at radius 3 is 2.43 bits per heavy atom. The Hall–Kier alpha value is -1.95. The number of carbonyl (C=O) groups is 1. The normalized spacial score (nSPS) is 11.5. The van der Waals surface area contributed by atoms with Crippen LogP contribution in [0.3, 0.4) is 0 Å². The highest BCUT2D eigenvalue weighted by molar-refractivity contribution is 7.99. The number of nitrogens with zero attached hydrogens (tertiary/aromatic N) is 2. The summed E-state index contributed by atoms with van der Waals surface area (Å²) in [4.78, 5) is 16.8. The minimum absolute atomic E-state index is 0.00520. The molecule has 146 valence electrons. The molecule has 0 amide bonds. The van der Waals surface area contributed by atoms with E-state index < -0.39 is 0 Å². The fraction of sp³-hybridized carbons (Fsp3) is 0.238. The molecule has 0 fully saturated rings. The molecular weight excluding hydrogens is 413 g/mol. The maximum atomic E-state index is 12.0. The third-order valence-corrected chi connectivity index (χ3v) is 6.29. The van der Waals surface area contributed by atoms with Crippen molar-refractivity contribution in [3.8, 4) is 17.1 Å². The van der Waals surface area contributed by atoms with Crippen molar-refractivity contribution >= 4 is 47.1 Å². The number of rotatable bonds is 7. The second kappa shape index (κ2) is 8.60. The van der Waals surface area contributed by atoms with Gasteiger partial charge in [-0.15, -0.1) is 0 Å². The topological polar surface area (TPSA) is 46.9 Å². The van der Waals surface area contributed by atoms with Gasteiger partial charge in [-0.2, -0.15) is 11.8 Å². The summed E-state index contributed by atoms with van der Waals surface area (Å²) in [5.74, 6) is 1.13. The number of aldehydes is 1. The molecule has 7 heteroatoms. The number of nitrogens with one attached hydrogen (secondary N) is 1. The van der Waals surface area contributed by atoms with E-state index in [1.807, 2.05) is 36.4 Å². The fourth-order valence-electron chi connectivity index (χ4n) is 2.72. The zero-order chi connectivity index (χ0) is 20.3. The lowest BCUT2D eigenvalue weighted by Gasteiger charge is -2.22. The van der Waals surface area contributed by atoms with Gasteiger partial charge in [-0.05, 0) is 56.5 Å². The number of aromatic nitrogens is 2. The third-order valence-electron chi connectivity index (χ3n) is 4.46. The Morgan fingerprint density at radius 2 is 1.82 bits per heavy atom. The summed E-state index contributed by atoms with van der Waals surface area (Å²) in [5.41, 5.74) is 1.97. The van der Waals surface area contributed by atoms with Crippen molar-refractivity contribution in [2.24, 2.45) is 0 Å². The predicted octanol–water partition coefficient (Wildman–Crippen LogP) is 6.21. The van der Waals surface area contributed by atoms with Gasteiger partial charge in [0, 0.05) is 27.6 Å². The van der Waals surface area contributed by atoms with Crippen LogP contribution < -0.4 is 5.32 Å². The summed E-state index contributed by atoms with van der Waals surface area (Å²) in [6.07, 6.45) is 2.88. The minimum Gasteiger partial charge on any atom is -0.367 e. The summed E-state index contributed by atoms with van der Waals surface area (Å²) in [6.45, 7) is 4.93. The zero-order valence-electron chi connectivity index (χ0n) is 15.9. The lowest BCUT2D eigenvalue weighted by Crippen LogP contribution is -2.26. The van der Waals surface area contributed by atoms with Crippen LogP contribution in [0.1, 0.15) is 24.3 Å². The quantitative estimate of drug-likeness (QED) is 0.449. The van der Waals surface area contributed by atoms with Gasteiger partial charge in [-0.25, -0.2) is 4.98 Å². The minimum atomic E-state index is -0.00520. The van der Waals surface area contributed by atoms with Gasteiger partial charge in [0.2, 0.25) is 0 Å². The molecule has 0 saturated heterocycles. The molecule has 0 aliphatic carbocycles. The van der Waals surface area contributed by atoms with E-state index in [0.29, 0.717) is 33.9 Å². The first-order valence-corrected chi connectivity index (χ1v) is 10.7. The van der Waals surface area contributed by atoms with Gasteiger partial charge in [-0.3, -0.25) is 9.36 Å². The summed E-state index contributed by atoms with van der Waals surface area (Å²) in [5, 5.41) is 4.52. The van der Waals surface area contributed by atoms with Gasteiger partial charge in [-0.1, -0.05) is 35.3 Å². The van der Waals surface area contributed by atoms with Gasteiger partial charge in [0.1, 0.15) is 11.5 Å². The highest BCUT2D eigenvalue weighted by Gasteiger charge is 2.23. The van der Waals surface area contributed by atoms with Crippen LogP contribution in [0.2, 0.25) is 10.0 Å². The first-order valence-electron chi connectivity index (χ1n) is 8.74. The number of carbonyl (C=O) groups excluding carboxylic acids is 1. The maximum Gasteiger partial charge on any atom is 0.170 e. The van der Waals surface area contributed by atoms with E-state index in [9.17, 15) is 4.79 Å². The van der Waals surface area contributed by atoms with E-state index in [1.165, 1.54) is 0 Å². The fourth-order valence-corrected chi connectivity index (χ4v) is 3.28. The molecule has 0 spiro atoms. The third kappa shape index (κ3) is 4.37. The maximum absolute atomic E-state index is 12.0. The molecule has 4 nitrogen and oxygen atoms in total. The first kappa shape index (κ1) is 20.8. The van der Waals surface area contributed by atoms with Gasteiger partial charge in [0.05, 0.1) is 5.02 Å². The SMILES string of the molecule is CSC(C)(C)CNc1nc(-c2ccccc2Cl)n(-c2ccc(Cl)cc2)c1C=O. The summed E-state index contributed by atoms with van der Waals surface area (Å²) in [7, 11) is 0. The number of imidazole rings is 1. The van der Waals surface area contributed by atoms with Crippen LogP contribution in [-0.4, -0.2) is 33.4 Å². The van der Waals surface area contributed by atoms with Crippen molar-refractivity contribution in [3.05, 3.63) is 64.3 Å².